The van der Waals surface area contributed by atoms with E-state index in [1.54, 1.807) is 24.9 Å². The number of aromatic nitrogens is 2. The fourth-order valence-corrected chi connectivity index (χ4v) is 3.40. The Labute approximate surface area is 119 Å². The van der Waals surface area contributed by atoms with Gasteiger partial charge in [0.1, 0.15) is 0 Å². The molecule has 1 aromatic rings. The van der Waals surface area contributed by atoms with Crippen LogP contribution in [0.1, 0.15) is 30.1 Å². The second kappa shape index (κ2) is 5.92. The fourth-order valence-electron chi connectivity index (χ4n) is 2.27. The van der Waals surface area contributed by atoms with E-state index in [4.69, 9.17) is 0 Å². The van der Waals surface area contributed by atoms with Gasteiger partial charge in [-0.1, -0.05) is 0 Å². The lowest BCUT2D eigenvalue weighted by Crippen LogP contribution is -2.46. The lowest BCUT2D eigenvalue weighted by atomic mass is 10.1. The third kappa shape index (κ3) is 3.37. The summed E-state index contributed by atoms with van der Waals surface area (Å²) < 4.78 is 26.5. The van der Waals surface area contributed by atoms with Gasteiger partial charge in [0.15, 0.2) is 0 Å². The lowest BCUT2D eigenvalue weighted by molar-refractivity contribution is 0.0924. The molecule has 2 rings (SSSR count). The van der Waals surface area contributed by atoms with E-state index < -0.39 is 10.0 Å². The molecule has 0 spiro atoms. The van der Waals surface area contributed by atoms with Crippen LogP contribution >= 0.6 is 0 Å². The number of hydrogen-bond donors (Lipinski definition) is 1. The van der Waals surface area contributed by atoms with Gasteiger partial charge in [0.25, 0.3) is 5.91 Å². The largest absolute Gasteiger partial charge is 0.349 e. The van der Waals surface area contributed by atoms with Crippen molar-refractivity contribution in [2.75, 3.05) is 18.8 Å². The maximum absolute atomic E-state index is 12.0. The average molecular weight is 300 g/mol. The second-order valence-electron chi connectivity index (χ2n) is 4.95. The number of nitrogens with one attached hydrogen (secondary N) is 1. The maximum atomic E-state index is 12.0. The van der Waals surface area contributed by atoms with E-state index in [1.165, 1.54) is 10.5 Å². The summed E-state index contributed by atoms with van der Waals surface area (Å²) in [6.07, 6.45) is 4.47. The molecule has 7 nitrogen and oxygen atoms in total. The number of amides is 1. The molecule has 0 bridgehead atoms. The van der Waals surface area contributed by atoms with Crippen LogP contribution in [0.5, 0.6) is 0 Å². The first-order chi connectivity index (χ1) is 9.42. The third-order valence-corrected chi connectivity index (χ3v) is 5.40. The quantitative estimate of drug-likeness (QED) is 0.846. The first kappa shape index (κ1) is 15.0. The monoisotopic (exact) mass is 300 g/mol. The molecule has 0 unspecified atom stereocenters. The number of piperidine rings is 1. The first-order valence-corrected chi connectivity index (χ1v) is 8.30. The molecule has 1 saturated heterocycles. The van der Waals surface area contributed by atoms with Crippen LogP contribution in [0, 0.1) is 0 Å². The van der Waals surface area contributed by atoms with E-state index in [9.17, 15) is 13.2 Å². The van der Waals surface area contributed by atoms with Gasteiger partial charge in [-0.2, -0.15) is 5.10 Å². The number of nitrogens with zero attached hydrogens (tertiary/aromatic N) is 3. The van der Waals surface area contributed by atoms with Gasteiger partial charge in [-0.05, 0) is 19.8 Å². The molecule has 0 atom stereocenters. The number of rotatable bonds is 4. The zero-order chi connectivity index (χ0) is 14.8. The van der Waals surface area contributed by atoms with Crippen molar-refractivity contribution in [2.45, 2.75) is 25.8 Å². The van der Waals surface area contributed by atoms with Gasteiger partial charge in [-0.25, -0.2) is 12.7 Å². The molecule has 0 aromatic carbocycles. The Morgan fingerprint density at radius 2 is 2.10 bits per heavy atom. The number of aryl methyl sites for hydroxylation is 1. The van der Waals surface area contributed by atoms with Crippen molar-refractivity contribution in [1.29, 1.82) is 0 Å². The molecule has 20 heavy (non-hydrogen) atoms. The van der Waals surface area contributed by atoms with Crippen molar-refractivity contribution in [3.8, 4) is 0 Å². The minimum atomic E-state index is -3.11. The van der Waals surface area contributed by atoms with Crippen LogP contribution in [0.3, 0.4) is 0 Å². The lowest BCUT2D eigenvalue weighted by Gasteiger charge is -2.31. The molecule has 1 aliphatic rings. The normalized spacial score (nSPS) is 18.1. The Balaban J connectivity index is 1.87. The van der Waals surface area contributed by atoms with Crippen molar-refractivity contribution < 1.29 is 13.2 Å². The van der Waals surface area contributed by atoms with E-state index >= 15 is 0 Å². The molecular formula is C12H20N4O3S. The maximum Gasteiger partial charge on any atom is 0.254 e. The van der Waals surface area contributed by atoms with Crippen LogP contribution in [-0.2, 0) is 17.1 Å². The molecule has 1 aromatic heterocycles. The highest BCUT2D eigenvalue weighted by Gasteiger charge is 2.27. The minimum absolute atomic E-state index is 0.0195. The molecule has 0 radical (unpaired) electrons. The van der Waals surface area contributed by atoms with E-state index in [-0.39, 0.29) is 17.7 Å². The van der Waals surface area contributed by atoms with Crippen LogP contribution in [-0.4, -0.2) is 53.3 Å². The number of carbonyl (C=O) groups is 1. The van der Waals surface area contributed by atoms with Gasteiger partial charge >= 0.3 is 0 Å². The van der Waals surface area contributed by atoms with E-state index in [0.717, 1.165) is 0 Å². The van der Waals surface area contributed by atoms with Gasteiger partial charge in [-0.3, -0.25) is 9.48 Å². The number of sulfonamides is 1. The van der Waals surface area contributed by atoms with Crippen molar-refractivity contribution in [1.82, 2.24) is 19.4 Å². The van der Waals surface area contributed by atoms with Gasteiger partial charge in [0.05, 0.1) is 17.5 Å². The summed E-state index contributed by atoms with van der Waals surface area (Å²) in [7, 11) is -1.36. The highest BCUT2D eigenvalue weighted by atomic mass is 32.2. The Kier molecular flexibility index (Phi) is 4.44. The molecule has 1 amide bonds. The predicted octanol–water partition coefficient (Wildman–Crippen LogP) is -0.0360. The van der Waals surface area contributed by atoms with E-state index in [0.29, 0.717) is 31.5 Å². The van der Waals surface area contributed by atoms with Crippen LogP contribution in [0.25, 0.3) is 0 Å². The standard InChI is InChI=1S/C12H20N4O3S/c1-3-20(18,19)16-6-4-11(5-7-16)14-12(17)10-8-13-15(2)9-10/h8-9,11H,3-7H2,1-2H3,(H,14,17). The number of hydrogen-bond acceptors (Lipinski definition) is 4. The Hall–Kier alpha value is -1.41. The molecular weight excluding hydrogens is 280 g/mol. The van der Waals surface area contributed by atoms with Crippen molar-refractivity contribution in [2.24, 2.45) is 7.05 Å². The summed E-state index contributed by atoms with van der Waals surface area (Å²) in [5.41, 5.74) is 0.524. The topological polar surface area (TPSA) is 84.3 Å². The van der Waals surface area contributed by atoms with Crippen molar-refractivity contribution in [3.05, 3.63) is 18.0 Å². The zero-order valence-electron chi connectivity index (χ0n) is 11.7. The van der Waals surface area contributed by atoms with Gasteiger partial charge < -0.3 is 5.32 Å². The summed E-state index contributed by atoms with van der Waals surface area (Å²) in [5, 5.41) is 6.88. The molecule has 1 aliphatic heterocycles. The minimum Gasteiger partial charge on any atom is -0.349 e. The van der Waals surface area contributed by atoms with Crippen LogP contribution in [0.2, 0.25) is 0 Å². The predicted molar refractivity (Wildman–Crippen MR) is 74.7 cm³/mol. The van der Waals surface area contributed by atoms with Crippen LogP contribution in [0.4, 0.5) is 0 Å². The fraction of sp³-hybridized carbons (Fsp3) is 0.667. The molecule has 8 heteroatoms. The molecule has 112 valence electrons. The highest BCUT2D eigenvalue weighted by molar-refractivity contribution is 7.89. The first-order valence-electron chi connectivity index (χ1n) is 6.69. The Bertz CT molecular complexity index is 573. The summed E-state index contributed by atoms with van der Waals surface area (Å²) >= 11 is 0. The molecule has 0 saturated carbocycles. The van der Waals surface area contributed by atoms with E-state index in [1.807, 2.05) is 0 Å². The summed E-state index contributed by atoms with van der Waals surface area (Å²) in [4.78, 5) is 12.0. The second-order valence-corrected chi connectivity index (χ2v) is 7.21. The highest BCUT2D eigenvalue weighted by Crippen LogP contribution is 2.15. The zero-order valence-corrected chi connectivity index (χ0v) is 12.6. The Morgan fingerprint density at radius 3 is 2.60 bits per heavy atom. The molecule has 1 N–H and O–H groups in total. The van der Waals surface area contributed by atoms with Gasteiger partial charge in [0.2, 0.25) is 10.0 Å². The van der Waals surface area contributed by atoms with Crippen LogP contribution < -0.4 is 5.32 Å². The average Bonchev–Trinajstić information content (AvgIpc) is 2.86. The summed E-state index contributed by atoms with van der Waals surface area (Å²) in [5.74, 6) is -0.0328. The van der Waals surface area contributed by atoms with Crippen LogP contribution in [0.15, 0.2) is 12.4 Å². The Morgan fingerprint density at radius 1 is 1.45 bits per heavy atom. The molecule has 0 aliphatic carbocycles. The SMILES string of the molecule is CCS(=O)(=O)N1CCC(NC(=O)c2cnn(C)c2)CC1. The third-order valence-electron chi connectivity index (χ3n) is 3.51. The summed E-state index contributed by atoms with van der Waals surface area (Å²) in [6, 6.07) is 0.0195. The molecule has 1 fully saturated rings. The smallest absolute Gasteiger partial charge is 0.254 e. The van der Waals surface area contributed by atoms with Gasteiger partial charge in [-0.15, -0.1) is 0 Å². The van der Waals surface area contributed by atoms with Crippen molar-refractivity contribution in [3.63, 3.8) is 0 Å². The van der Waals surface area contributed by atoms with Gasteiger partial charge in [0, 0.05) is 32.4 Å². The summed E-state index contributed by atoms with van der Waals surface area (Å²) in [6.45, 7) is 2.58. The number of carbonyl (C=O) groups excluding carboxylic acids is 1. The van der Waals surface area contributed by atoms with E-state index in [2.05, 4.69) is 10.4 Å². The molecule has 2 heterocycles. The van der Waals surface area contributed by atoms with Crippen molar-refractivity contribution >= 4 is 15.9 Å².